The highest BCUT2D eigenvalue weighted by atomic mass is 16.5. The summed E-state index contributed by atoms with van der Waals surface area (Å²) in [5.74, 6) is 1.67. The van der Waals surface area contributed by atoms with E-state index in [2.05, 4.69) is 16.4 Å². The predicted molar refractivity (Wildman–Crippen MR) is 85.1 cm³/mol. The molecule has 0 aliphatic heterocycles. The fourth-order valence-corrected chi connectivity index (χ4v) is 1.99. The molecular formula is C17H22N2O2. The van der Waals surface area contributed by atoms with E-state index in [9.17, 15) is 0 Å². The highest BCUT2D eigenvalue weighted by molar-refractivity contribution is 5.60. The molecule has 0 atom stereocenters. The van der Waals surface area contributed by atoms with Crippen LogP contribution in [0.4, 0.5) is 5.69 Å². The first-order chi connectivity index (χ1) is 10.2. The van der Waals surface area contributed by atoms with Gasteiger partial charge in [-0.25, -0.2) is 0 Å². The number of hydrogen-bond donors (Lipinski definition) is 1. The summed E-state index contributed by atoms with van der Waals surface area (Å²) in [7, 11) is 0. The number of hydrogen-bond acceptors (Lipinski definition) is 4. The molecule has 2 rings (SSSR count). The average Bonchev–Trinajstić information content (AvgIpc) is 2.49. The SMILES string of the molecule is CCOc1ccc(OCC)c(NCc2ccc(C)nc2)c1. The molecule has 0 bridgehead atoms. The molecule has 21 heavy (non-hydrogen) atoms. The van der Waals surface area contributed by atoms with Gasteiger partial charge in [0, 0.05) is 24.5 Å². The fraction of sp³-hybridized carbons (Fsp3) is 0.353. The van der Waals surface area contributed by atoms with Crippen LogP contribution >= 0.6 is 0 Å². The predicted octanol–water partition coefficient (Wildman–Crippen LogP) is 3.80. The molecule has 0 spiro atoms. The quantitative estimate of drug-likeness (QED) is 0.840. The van der Waals surface area contributed by atoms with Gasteiger partial charge in [-0.3, -0.25) is 4.98 Å². The number of nitrogens with zero attached hydrogens (tertiary/aromatic N) is 1. The second kappa shape index (κ2) is 7.53. The highest BCUT2D eigenvalue weighted by Crippen LogP contribution is 2.29. The van der Waals surface area contributed by atoms with Crippen LogP contribution in [0.15, 0.2) is 36.5 Å². The van der Waals surface area contributed by atoms with Crippen molar-refractivity contribution in [3.8, 4) is 11.5 Å². The minimum Gasteiger partial charge on any atom is -0.494 e. The van der Waals surface area contributed by atoms with Crippen molar-refractivity contribution in [3.05, 3.63) is 47.8 Å². The van der Waals surface area contributed by atoms with Gasteiger partial charge in [0.1, 0.15) is 11.5 Å². The summed E-state index contributed by atoms with van der Waals surface area (Å²) < 4.78 is 11.2. The van der Waals surface area contributed by atoms with Crippen molar-refractivity contribution < 1.29 is 9.47 Å². The lowest BCUT2D eigenvalue weighted by molar-refractivity contribution is 0.332. The van der Waals surface area contributed by atoms with Gasteiger partial charge in [-0.15, -0.1) is 0 Å². The maximum atomic E-state index is 5.64. The third-order valence-electron chi connectivity index (χ3n) is 3.02. The Bertz CT molecular complexity index is 568. The first-order valence-electron chi connectivity index (χ1n) is 7.28. The second-order valence-electron chi connectivity index (χ2n) is 4.69. The molecular weight excluding hydrogens is 264 g/mol. The summed E-state index contributed by atoms with van der Waals surface area (Å²) in [6.07, 6.45) is 1.88. The maximum Gasteiger partial charge on any atom is 0.142 e. The lowest BCUT2D eigenvalue weighted by atomic mass is 10.2. The van der Waals surface area contributed by atoms with Crippen LogP contribution in [0, 0.1) is 6.92 Å². The number of aryl methyl sites for hydroxylation is 1. The molecule has 4 heteroatoms. The molecule has 1 N–H and O–H groups in total. The van der Waals surface area contributed by atoms with Crippen LogP contribution in [0.3, 0.4) is 0 Å². The van der Waals surface area contributed by atoms with Gasteiger partial charge in [-0.05, 0) is 44.5 Å². The Hall–Kier alpha value is -2.23. The van der Waals surface area contributed by atoms with E-state index in [1.165, 1.54) is 0 Å². The number of rotatable bonds is 7. The molecule has 0 aliphatic carbocycles. The van der Waals surface area contributed by atoms with Crippen LogP contribution in [0.5, 0.6) is 11.5 Å². The van der Waals surface area contributed by atoms with Crippen molar-refractivity contribution in [2.75, 3.05) is 18.5 Å². The third kappa shape index (κ3) is 4.38. The first kappa shape index (κ1) is 15.2. The zero-order chi connectivity index (χ0) is 15.1. The maximum absolute atomic E-state index is 5.64. The van der Waals surface area contributed by atoms with Crippen LogP contribution in [0.1, 0.15) is 25.1 Å². The van der Waals surface area contributed by atoms with E-state index in [0.29, 0.717) is 19.8 Å². The average molecular weight is 286 g/mol. The van der Waals surface area contributed by atoms with E-state index in [1.54, 1.807) is 0 Å². The van der Waals surface area contributed by atoms with Crippen molar-refractivity contribution in [2.24, 2.45) is 0 Å². The summed E-state index contributed by atoms with van der Waals surface area (Å²) in [5.41, 5.74) is 3.08. The number of pyridine rings is 1. The molecule has 0 radical (unpaired) electrons. The molecule has 1 aromatic heterocycles. The zero-order valence-electron chi connectivity index (χ0n) is 12.8. The lowest BCUT2D eigenvalue weighted by Crippen LogP contribution is -2.04. The summed E-state index contributed by atoms with van der Waals surface area (Å²) in [4.78, 5) is 4.30. The van der Waals surface area contributed by atoms with E-state index in [0.717, 1.165) is 28.4 Å². The molecule has 0 saturated carbocycles. The fourth-order valence-electron chi connectivity index (χ4n) is 1.99. The number of nitrogens with one attached hydrogen (secondary N) is 1. The van der Waals surface area contributed by atoms with Gasteiger partial charge in [0.2, 0.25) is 0 Å². The Balaban J connectivity index is 2.11. The van der Waals surface area contributed by atoms with Crippen molar-refractivity contribution in [1.82, 2.24) is 4.98 Å². The Kier molecular flexibility index (Phi) is 5.43. The Morgan fingerprint density at radius 3 is 2.52 bits per heavy atom. The van der Waals surface area contributed by atoms with Gasteiger partial charge < -0.3 is 14.8 Å². The summed E-state index contributed by atoms with van der Waals surface area (Å²) in [6.45, 7) is 7.91. The van der Waals surface area contributed by atoms with E-state index < -0.39 is 0 Å². The van der Waals surface area contributed by atoms with Crippen molar-refractivity contribution >= 4 is 5.69 Å². The molecule has 0 fully saturated rings. The number of benzene rings is 1. The summed E-state index contributed by atoms with van der Waals surface area (Å²) >= 11 is 0. The minimum absolute atomic E-state index is 0.634. The van der Waals surface area contributed by atoms with Gasteiger partial charge >= 0.3 is 0 Å². The Labute approximate surface area is 126 Å². The number of ether oxygens (including phenoxy) is 2. The molecule has 0 amide bonds. The Morgan fingerprint density at radius 1 is 1.05 bits per heavy atom. The molecule has 0 saturated heterocycles. The van der Waals surface area contributed by atoms with E-state index >= 15 is 0 Å². The van der Waals surface area contributed by atoms with Crippen molar-refractivity contribution in [2.45, 2.75) is 27.3 Å². The smallest absolute Gasteiger partial charge is 0.142 e. The molecule has 0 unspecified atom stereocenters. The van der Waals surface area contributed by atoms with E-state index in [1.807, 2.05) is 51.2 Å². The second-order valence-corrected chi connectivity index (χ2v) is 4.69. The third-order valence-corrected chi connectivity index (χ3v) is 3.02. The van der Waals surface area contributed by atoms with Crippen LogP contribution in [0.2, 0.25) is 0 Å². The first-order valence-corrected chi connectivity index (χ1v) is 7.28. The molecule has 112 valence electrons. The molecule has 4 nitrogen and oxygen atoms in total. The van der Waals surface area contributed by atoms with Crippen molar-refractivity contribution in [1.29, 1.82) is 0 Å². The Morgan fingerprint density at radius 2 is 1.86 bits per heavy atom. The van der Waals surface area contributed by atoms with E-state index in [-0.39, 0.29) is 0 Å². The standard InChI is InChI=1S/C17H22N2O2/c1-4-20-15-8-9-17(21-5-2)16(10-15)19-12-14-7-6-13(3)18-11-14/h6-11,19H,4-5,12H2,1-3H3. The van der Waals surface area contributed by atoms with Gasteiger partial charge in [-0.1, -0.05) is 6.07 Å². The molecule has 1 heterocycles. The van der Waals surface area contributed by atoms with Gasteiger partial charge in [-0.2, -0.15) is 0 Å². The van der Waals surface area contributed by atoms with Crippen LogP contribution in [-0.4, -0.2) is 18.2 Å². The monoisotopic (exact) mass is 286 g/mol. The lowest BCUT2D eigenvalue weighted by Gasteiger charge is -2.14. The van der Waals surface area contributed by atoms with E-state index in [4.69, 9.17) is 9.47 Å². The minimum atomic E-state index is 0.634. The van der Waals surface area contributed by atoms with Crippen molar-refractivity contribution in [3.63, 3.8) is 0 Å². The van der Waals surface area contributed by atoms with Gasteiger partial charge in [0.05, 0.1) is 18.9 Å². The molecule has 2 aromatic rings. The largest absolute Gasteiger partial charge is 0.494 e. The van der Waals surface area contributed by atoms with Crippen LogP contribution in [-0.2, 0) is 6.54 Å². The normalized spacial score (nSPS) is 10.2. The molecule has 0 aliphatic rings. The van der Waals surface area contributed by atoms with Crippen LogP contribution < -0.4 is 14.8 Å². The number of aromatic nitrogens is 1. The van der Waals surface area contributed by atoms with Gasteiger partial charge in [0.15, 0.2) is 0 Å². The summed E-state index contributed by atoms with van der Waals surface area (Å²) in [5, 5.41) is 3.39. The zero-order valence-corrected chi connectivity index (χ0v) is 12.8. The highest BCUT2D eigenvalue weighted by Gasteiger charge is 2.06. The molecule has 1 aromatic carbocycles. The summed E-state index contributed by atoms with van der Waals surface area (Å²) in [6, 6.07) is 9.91. The number of anilines is 1. The van der Waals surface area contributed by atoms with Crippen LogP contribution in [0.25, 0.3) is 0 Å². The topological polar surface area (TPSA) is 43.4 Å². The van der Waals surface area contributed by atoms with Gasteiger partial charge in [0.25, 0.3) is 0 Å².